The minimum absolute atomic E-state index is 0.378. The number of para-hydroxylation sites is 4. The zero-order chi connectivity index (χ0) is 69.1. The number of pyridine rings is 4. The van der Waals surface area contributed by atoms with Crippen LogP contribution < -0.4 is 18.7 Å². The molecule has 0 spiro atoms. The molecule has 492 valence electrons. The highest BCUT2D eigenvalue weighted by Gasteiger charge is 2.26. The summed E-state index contributed by atoms with van der Waals surface area (Å²) in [6, 6.07) is 70.3. The van der Waals surface area contributed by atoms with E-state index in [1.54, 1.807) is 0 Å². The maximum absolute atomic E-state index is 5.05. The first-order valence-electron chi connectivity index (χ1n) is 34.3. The molecule has 98 heavy (non-hydrogen) atoms. The van der Waals surface area contributed by atoms with Crippen LogP contribution in [0, 0.1) is 27.7 Å². The Kier molecular flexibility index (Phi) is 19.7. The van der Waals surface area contributed by atoms with Gasteiger partial charge >= 0.3 is 0 Å². The number of hydrogen-bond donors (Lipinski definition) is 0. The van der Waals surface area contributed by atoms with E-state index in [4.69, 9.17) is 9.97 Å². The Morgan fingerprint density at radius 2 is 0.704 bits per heavy atom. The Bertz CT molecular complexity index is 5270. The monoisotopic (exact) mass is 1290 g/mol. The van der Waals surface area contributed by atoms with Crippen molar-refractivity contribution in [2.24, 2.45) is 28.2 Å². The maximum Gasteiger partial charge on any atom is 0.203 e. The minimum atomic E-state index is 0.378. The van der Waals surface area contributed by atoms with Crippen molar-refractivity contribution in [3.63, 3.8) is 0 Å². The fourth-order valence-corrected chi connectivity index (χ4v) is 13.5. The van der Waals surface area contributed by atoms with E-state index < -0.39 is 0 Å². The predicted octanol–water partition coefficient (Wildman–Crippen LogP) is 18.1. The predicted molar refractivity (Wildman–Crippen MR) is 401 cm³/mol. The van der Waals surface area contributed by atoms with Gasteiger partial charge in [0.1, 0.15) is 44.8 Å². The summed E-state index contributed by atoms with van der Waals surface area (Å²) in [5.74, 6) is 1.67. The van der Waals surface area contributed by atoms with E-state index in [1.807, 2.05) is 18.6 Å². The lowest BCUT2D eigenvalue weighted by Gasteiger charge is -2.17. The zero-order valence-corrected chi connectivity index (χ0v) is 59.8. The number of aryl methyl sites for hydroxylation is 8. The summed E-state index contributed by atoms with van der Waals surface area (Å²) in [6.45, 7) is 26.3. The van der Waals surface area contributed by atoms with Crippen LogP contribution in [0.5, 0.6) is 0 Å². The van der Waals surface area contributed by atoms with Crippen LogP contribution >= 0.6 is 0 Å². The molecule has 0 aliphatic rings. The molecule has 0 fully saturated rings. The second-order valence-corrected chi connectivity index (χ2v) is 27.1. The Morgan fingerprint density at radius 3 is 1.12 bits per heavy atom. The topological polar surface area (TPSA) is 86.8 Å². The van der Waals surface area contributed by atoms with E-state index in [2.05, 4.69) is 384 Å². The number of aromatic nitrogens is 12. The average molecular weight is 1290 g/mol. The van der Waals surface area contributed by atoms with Gasteiger partial charge in [-0.25, -0.2) is 0 Å². The van der Waals surface area contributed by atoms with E-state index in [0.717, 1.165) is 34.0 Å². The van der Waals surface area contributed by atoms with Crippen LogP contribution in [0.3, 0.4) is 0 Å². The quantitative estimate of drug-likeness (QED) is 0.121. The summed E-state index contributed by atoms with van der Waals surface area (Å²) in [7, 11) is 8.32. The first-order valence-corrected chi connectivity index (χ1v) is 34.3. The summed E-state index contributed by atoms with van der Waals surface area (Å²) in [6.07, 6.45) is 14.5. The minimum Gasteiger partial charge on any atom is -0.259 e. The first kappa shape index (κ1) is 67.0. The molecule has 0 aliphatic carbocycles. The lowest BCUT2D eigenvalue weighted by atomic mass is 9.89. The van der Waals surface area contributed by atoms with E-state index in [9.17, 15) is 0 Å². The Hall–Kier alpha value is -11.0. The van der Waals surface area contributed by atoms with Gasteiger partial charge in [-0.2, -0.15) is 0 Å². The van der Waals surface area contributed by atoms with E-state index in [1.165, 1.54) is 111 Å². The number of rotatable bonds is 11. The van der Waals surface area contributed by atoms with Crippen molar-refractivity contribution in [1.29, 1.82) is 0 Å². The summed E-state index contributed by atoms with van der Waals surface area (Å²) >= 11 is 0. The van der Waals surface area contributed by atoms with Crippen molar-refractivity contribution in [2.45, 2.75) is 107 Å². The third kappa shape index (κ3) is 13.5. The molecule has 15 rings (SSSR count). The van der Waals surface area contributed by atoms with Crippen molar-refractivity contribution in [1.82, 2.24) is 38.7 Å². The molecular formula is C86H92N12+4. The second kappa shape index (κ2) is 28.8. The average Bonchev–Trinajstić information content (AvgIpc) is 1.69. The summed E-state index contributed by atoms with van der Waals surface area (Å²) < 4.78 is 17.5. The van der Waals surface area contributed by atoms with Gasteiger partial charge < -0.3 is 0 Å². The highest BCUT2D eigenvalue weighted by atomic mass is 15.4. The molecule has 8 aromatic heterocycles. The van der Waals surface area contributed by atoms with Gasteiger partial charge in [0.05, 0.1) is 51.0 Å². The molecule has 0 radical (unpaired) electrons. The smallest absolute Gasteiger partial charge is 0.203 e. The lowest BCUT2D eigenvalue weighted by molar-refractivity contribution is -0.742. The number of benzene rings is 7. The molecule has 0 saturated carbocycles. The van der Waals surface area contributed by atoms with Crippen LogP contribution in [0.25, 0.3) is 99.9 Å². The van der Waals surface area contributed by atoms with Crippen LogP contribution in [-0.2, 0) is 28.2 Å². The van der Waals surface area contributed by atoms with Crippen molar-refractivity contribution in [3.05, 3.63) is 289 Å². The Morgan fingerprint density at radius 1 is 0.327 bits per heavy atom. The molecule has 12 nitrogen and oxygen atoms in total. The number of fused-ring (bicyclic) bond motifs is 4. The molecule has 0 bridgehead atoms. The molecule has 0 unspecified atom stereocenters. The molecule has 0 N–H and O–H groups in total. The van der Waals surface area contributed by atoms with Crippen molar-refractivity contribution >= 4 is 43.6 Å². The fraction of sp³-hybridized carbons (Fsp3) is 0.233. The van der Waals surface area contributed by atoms with Gasteiger partial charge in [0.2, 0.25) is 24.8 Å². The molecule has 0 saturated heterocycles. The molecule has 7 aromatic carbocycles. The van der Waals surface area contributed by atoms with Crippen LogP contribution in [0.2, 0.25) is 0 Å². The number of nitrogens with zero attached hydrogens (tertiary/aromatic N) is 12. The highest BCUT2D eigenvalue weighted by Crippen LogP contribution is 2.40. The van der Waals surface area contributed by atoms with Gasteiger partial charge in [0, 0.05) is 23.1 Å². The third-order valence-corrected chi connectivity index (χ3v) is 18.4. The lowest BCUT2D eigenvalue weighted by Crippen LogP contribution is -2.38. The van der Waals surface area contributed by atoms with Crippen LogP contribution in [0.1, 0.15) is 124 Å². The van der Waals surface area contributed by atoms with Crippen LogP contribution in [0.15, 0.2) is 244 Å². The van der Waals surface area contributed by atoms with Crippen LogP contribution in [0.4, 0.5) is 0 Å². The summed E-state index contributed by atoms with van der Waals surface area (Å²) in [5.41, 5.74) is 25.9. The first-order chi connectivity index (χ1) is 47.3. The van der Waals surface area contributed by atoms with Crippen LogP contribution in [-0.4, -0.2) is 38.7 Å². The SMILES string of the molecule is Cc1cc(-c2c(-c3ccccc3)cccc2-c2ccccc2)ncc1-n1c2ccccc2c[n+]1C.Cc1cc(C(C)C)nc(C(C)C)c1-n1c2ccccc2c[n+]1C.Cc1cc(C(C)C)ncc1-n1c2ccccc2c[n+]1C.Cc1ccnc(C(C)C)c1-n1c2ccccc2c[n+]1C. The van der Waals surface area contributed by atoms with Crippen molar-refractivity contribution in [3.8, 4) is 56.3 Å². The second-order valence-electron chi connectivity index (χ2n) is 27.1. The Balaban J connectivity index is 0.000000128. The fourth-order valence-electron chi connectivity index (χ4n) is 13.5. The zero-order valence-electron chi connectivity index (χ0n) is 59.8. The van der Waals surface area contributed by atoms with Crippen molar-refractivity contribution in [2.75, 3.05) is 0 Å². The third-order valence-electron chi connectivity index (χ3n) is 18.4. The molecule has 0 amide bonds. The maximum atomic E-state index is 5.05. The largest absolute Gasteiger partial charge is 0.259 e. The Labute approximate surface area is 577 Å². The normalized spacial score (nSPS) is 11.4. The molecule has 8 heterocycles. The molecule has 15 aromatic rings. The molecule has 0 atom stereocenters. The van der Waals surface area contributed by atoms with Gasteiger partial charge in [-0.05, 0) is 169 Å². The van der Waals surface area contributed by atoms with Crippen molar-refractivity contribution < 1.29 is 18.7 Å². The van der Waals surface area contributed by atoms with E-state index in [-0.39, 0.29) is 0 Å². The van der Waals surface area contributed by atoms with E-state index in [0.29, 0.717) is 23.7 Å². The van der Waals surface area contributed by atoms with Gasteiger partial charge in [0.25, 0.3) is 0 Å². The van der Waals surface area contributed by atoms with E-state index >= 15 is 0 Å². The van der Waals surface area contributed by atoms with Gasteiger partial charge in [-0.1, -0.05) is 183 Å². The summed E-state index contributed by atoms with van der Waals surface area (Å²) in [4.78, 5) is 19.3. The molecular weight excluding hydrogens is 1200 g/mol. The van der Waals surface area contributed by atoms with Gasteiger partial charge in [-0.15, -0.1) is 37.5 Å². The number of hydrogen-bond acceptors (Lipinski definition) is 4. The molecule has 12 heteroatoms. The molecule has 0 aliphatic heterocycles. The highest BCUT2D eigenvalue weighted by molar-refractivity contribution is 5.94. The summed E-state index contributed by atoms with van der Waals surface area (Å²) in [5, 5.41) is 4.94. The standard InChI is InChI=1S/C32H26N3.C20H26N3.2C17H20N3/c1-23-20-29(33-21-31(23)35-30-19-10-9-16-26(30)22-34(35)2)32-27(24-12-5-3-6-13-24)17-11-18-28(32)25-14-7-4-8-15-25;1-13(2)17-11-15(5)20(19(21-17)14(3)4)23-18-10-8-7-9-16(18)12-22(23)6;1-12(2)15-9-13(3)17(10-18-15)20-16-8-6-5-7-14(16)11-19(20)4;1-12(2)16-17(13(3)9-10-18-16)20-15-8-6-5-7-14(15)11-19(20)4/h3-22H,1-2H3;7-14H,1-6H3;2*5-12H,1-4H3/q4*+1. The van der Waals surface area contributed by atoms with Gasteiger partial charge in [-0.3, -0.25) is 19.9 Å². The van der Waals surface area contributed by atoms with Gasteiger partial charge in [0.15, 0.2) is 28.2 Å².